The average molecular weight is 297 g/mol. The summed E-state index contributed by atoms with van der Waals surface area (Å²) < 4.78 is 10.2. The monoisotopic (exact) mass is 297 g/mol. The molecular weight excluding hydrogens is 282 g/mol. The smallest absolute Gasteiger partial charge is 0.263 e. The molecule has 2 rings (SSSR count). The molecule has 0 spiro atoms. The second-order valence-corrected chi connectivity index (χ2v) is 4.30. The highest BCUT2D eigenvalue weighted by molar-refractivity contribution is 5.97. The first-order chi connectivity index (χ1) is 10.7. The van der Waals surface area contributed by atoms with Crippen LogP contribution in [0.3, 0.4) is 0 Å². The van der Waals surface area contributed by atoms with E-state index in [1.165, 1.54) is 12.5 Å². The van der Waals surface area contributed by atoms with E-state index < -0.39 is 5.91 Å². The molecule has 1 heterocycles. The van der Waals surface area contributed by atoms with Crippen LogP contribution in [0.4, 0.5) is 5.69 Å². The topological polar surface area (TPSA) is 87.3 Å². The van der Waals surface area contributed by atoms with E-state index in [0.717, 1.165) is 11.4 Å². The zero-order valence-electron chi connectivity index (χ0n) is 12.0. The van der Waals surface area contributed by atoms with Crippen LogP contribution >= 0.6 is 0 Å². The Morgan fingerprint density at radius 2 is 2.14 bits per heavy atom. The van der Waals surface area contributed by atoms with Crippen molar-refractivity contribution in [3.8, 4) is 11.8 Å². The number of rotatable bonds is 6. The van der Waals surface area contributed by atoms with Gasteiger partial charge in [0.1, 0.15) is 23.2 Å². The molecule has 6 heteroatoms. The van der Waals surface area contributed by atoms with Crippen LogP contribution < -0.4 is 15.4 Å². The van der Waals surface area contributed by atoms with Crippen LogP contribution in [-0.4, -0.2) is 13.0 Å². The normalized spacial score (nSPS) is 10.6. The number of benzene rings is 1. The van der Waals surface area contributed by atoms with Crippen molar-refractivity contribution in [2.24, 2.45) is 0 Å². The number of amides is 1. The largest absolute Gasteiger partial charge is 0.497 e. The van der Waals surface area contributed by atoms with Crippen molar-refractivity contribution in [3.05, 3.63) is 60.2 Å². The van der Waals surface area contributed by atoms with Gasteiger partial charge in [-0.25, -0.2) is 0 Å². The van der Waals surface area contributed by atoms with Gasteiger partial charge in [0.25, 0.3) is 5.91 Å². The van der Waals surface area contributed by atoms with Crippen LogP contribution in [0.1, 0.15) is 5.76 Å². The Kier molecular flexibility index (Phi) is 5.21. The Hall–Kier alpha value is -3.20. The number of nitrogens with one attached hydrogen (secondary N) is 2. The summed E-state index contributed by atoms with van der Waals surface area (Å²) in [7, 11) is 1.58. The second kappa shape index (κ2) is 7.55. The third-order valence-corrected chi connectivity index (χ3v) is 2.84. The van der Waals surface area contributed by atoms with Crippen LogP contribution in [0.25, 0.3) is 0 Å². The lowest BCUT2D eigenvalue weighted by Gasteiger charge is -2.05. The van der Waals surface area contributed by atoms with Crippen molar-refractivity contribution in [1.82, 2.24) is 5.32 Å². The van der Waals surface area contributed by atoms with E-state index in [1.807, 2.05) is 6.07 Å². The maximum atomic E-state index is 11.9. The number of carbonyl (C=O) groups is 1. The summed E-state index contributed by atoms with van der Waals surface area (Å²) in [6.07, 6.45) is 2.88. The standard InChI is InChI=1S/C16H15N3O3/c1-21-14-6-4-13(5-7-14)18-10-12(9-17)16(20)19-11-15-3-2-8-22-15/h2-8,10,18H,11H2,1H3,(H,19,20)/b12-10-. The van der Waals surface area contributed by atoms with E-state index in [4.69, 9.17) is 14.4 Å². The van der Waals surface area contributed by atoms with Gasteiger partial charge < -0.3 is 19.8 Å². The van der Waals surface area contributed by atoms with Gasteiger partial charge >= 0.3 is 0 Å². The third kappa shape index (κ3) is 4.15. The molecule has 0 aliphatic carbocycles. The number of hydrogen-bond acceptors (Lipinski definition) is 5. The molecule has 2 aromatic rings. The van der Waals surface area contributed by atoms with Crippen LogP contribution in [0.5, 0.6) is 5.75 Å². The van der Waals surface area contributed by atoms with Crippen LogP contribution in [-0.2, 0) is 11.3 Å². The molecule has 2 N–H and O–H groups in total. The molecule has 0 aliphatic rings. The van der Waals surface area contributed by atoms with Crippen LogP contribution in [0.15, 0.2) is 58.9 Å². The molecule has 1 aromatic carbocycles. The molecule has 112 valence electrons. The maximum absolute atomic E-state index is 11.9. The number of methoxy groups -OCH3 is 1. The molecule has 1 aromatic heterocycles. The average Bonchev–Trinajstić information content (AvgIpc) is 3.07. The molecular formula is C16H15N3O3. The molecule has 1 amide bonds. The highest BCUT2D eigenvalue weighted by Gasteiger charge is 2.09. The second-order valence-electron chi connectivity index (χ2n) is 4.30. The molecule has 0 radical (unpaired) electrons. The molecule has 0 atom stereocenters. The maximum Gasteiger partial charge on any atom is 0.263 e. The van der Waals surface area contributed by atoms with E-state index in [0.29, 0.717) is 5.76 Å². The van der Waals surface area contributed by atoms with E-state index in [9.17, 15) is 4.79 Å². The SMILES string of the molecule is COc1ccc(N/C=C(/C#N)C(=O)NCc2ccco2)cc1. The number of furan rings is 1. The number of nitrogens with zero attached hydrogens (tertiary/aromatic N) is 1. The van der Waals surface area contributed by atoms with Gasteiger partial charge in [0.15, 0.2) is 0 Å². The first-order valence-electron chi connectivity index (χ1n) is 6.54. The number of hydrogen-bond donors (Lipinski definition) is 2. The lowest BCUT2D eigenvalue weighted by molar-refractivity contribution is -0.117. The van der Waals surface area contributed by atoms with Gasteiger partial charge in [-0.3, -0.25) is 4.79 Å². The summed E-state index contributed by atoms with van der Waals surface area (Å²) in [6, 6.07) is 12.4. The summed E-state index contributed by atoms with van der Waals surface area (Å²) in [5, 5.41) is 14.6. The van der Waals surface area contributed by atoms with E-state index in [2.05, 4.69) is 10.6 Å². The quantitative estimate of drug-likeness (QED) is 0.631. The highest BCUT2D eigenvalue weighted by atomic mass is 16.5. The first kappa shape index (κ1) is 15.2. The summed E-state index contributed by atoms with van der Waals surface area (Å²) in [5.41, 5.74) is 0.717. The third-order valence-electron chi connectivity index (χ3n) is 2.84. The Morgan fingerprint density at radius 3 is 2.73 bits per heavy atom. The zero-order valence-corrected chi connectivity index (χ0v) is 12.0. The first-order valence-corrected chi connectivity index (χ1v) is 6.54. The van der Waals surface area contributed by atoms with Crippen molar-refractivity contribution in [2.75, 3.05) is 12.4 Å². The zero-order chi connectivity index (χ0) is 15.8. The van der Waals surface area contributed by atoms with Crippen LogP contribution in [0, 0.1) is 11.3 Å². The summed E-state index contributed by atoms with van der Waals surface area (Å²) >= 11 is 0. The predicted octanol–water partition coefficient (Wildman–Crippen LogP) is 2.42. The highest BCUT2D eigenvalue weighted by Crippen LogP contribution is 2.15. The van der Waals surface area contributed by atoms with E-state index in [1.54, 1.807) is 43.5 Å². The number of anilines is 1. The van der Waals surface area contributed by atoms with Gasteiger partial charge in [0.05, 0.1) is 19.9 Å². The molecule has 0 unspecified atom stereocenters. The Bertz CT molecular complexity index is 682. The van der Waals surface area contributed by atoms with Crippen molar-refractivity contribution in [2.45, 2.75) is 6.54 Å². The lowest BCUT2D eigenvalue weighted by atomic mass is 10.2. The fraction of sp³-hybridized carbons (Fsp3) is 0.125. The molecule has 0 fully saturated rings. The number of carbonyl (C=O) groups excluding carboxylic acids is 1. The Balaban J connectivity index is 1.94. The molecule has 22 heavy (non-hydrogen) atoms. The van der Waals surface area contributed by atoms with Gasteiger partial charge in [-0.15, -0.1) is 0 Å². The summed E-state index contributed by atoms with van der Waals surface area (Å²) in [6.45, 7) is 0.230. The van der Waals surface area contributed by atoms with Crippen molar-refractivity contribution >= 4 is 11.6 Å². The summed E-state index contributed by atoms with van der Waals surface area (Å²) in [4.78, 5) is 11.9. The molecule has 6 nitrogen and oxygen atoms in total. The van der Waals surface area contributed by atoms with Gasteiger partial charge in [-0.2, -0.15) is 5.26 Å². The van der Waals surface area contributed by atoms with E-state index >= 15 is 0 Å². The van der Waals surface area contributed by atoms with Crippen molar-refractivity contribution in [3.63, 3.8) is 0 Å². The van der Waals surface area contributed by atoms with Gasteiger partial charge in [-0.05, 0) is 36.4 Å². The minimum absolute atomic E-state index is 0.0256. The Labute approximate surface area is 128 Å². The Morgan fingerprint density at radius 1 is 1.36 bits per heavy atom. The molecule has 0 aliphatic heterocycles. The van der Waals surface area contributed by atoms with Crippen molar-refractivity contribution < 1.29 is 13.9 Å². The lowest BCUT2D eigenvalue weighted by Crippen LogP contribution is -2.24. The number of ether oxygens (including phenoxy) is 1. The van der Waals surface area contributed by atoms with Crippen molar-refractivity contribution in [1.29, 1.82) is 5.26 Å². The predicted molar refractivity (Wildman–Crippen MR) is 80.9 cm³/mol. The van der Waals surface area contributed by atoms with Gasteiger partial charge in [0, 0.05) is 11.9 Å². The van der Waals surface area contributed by atoms with Crippen LogP contribution in [0.2, 0.25) is 0 Å². The van der Waals surface area contributed by atoms with Gasteiger partial charge in [0.2, 0.25) is 0 Å². The summed E-state index contributed by atoms with van der Waals surface area (Å²) in [5.74, 6) is 0.875. The minimum Gasteiger partial charge on any atom is -0.497 e. The molecule has 0 bridgehead atoms. The number of nitriles is 1. The van der Waals surface area contributed by atoms with Gasteiger partial charge in [-0.1, -0.05) is 0 Å². The molecule has 0 saturated heterocycles. The fourth-order valence-electron chi connectivity index (χ4n) is 1.67. The van der Waals surface area contributed by atoms with E-state index in [-0.39, 0.29) is 12.1 Å². The molecule has 0 saturated carbocycles. The fourth-order valence-corrected chi connectivity index (χ4v) is 1.67. The minimum atomic E-state index is -0.472.